The standard InChI is InChI=1S/C16H23N5O/c1-5-11-6-8-12(9-7-11)22-15-13(17)14(18-10-19-15)20-21-16(2,3)4/h6-10,21H,5,17H2,1-4H3,(H,18,19,20). The Morgan fingerprint density at radius 2 is 1.82 bits per heavy atom. The highest BCUT2D eigenvalue weighted by Gasteiger charge is 2.13. The second-order valence-corrected chi connectivity index (χ2v) is 6.04. The molecule has 0 aliphatic carbocycles. The molecule has 1 aromatic heterocycles. The van der Waals surface area contributed by atoms with Crippen molar-refractivity contribution in [1.29, 1.82) is 0 Å². The van der Waals surface area contributed by atoms with E-state index in [0.29, 0.717) is 23.1 Å². The summed E-state index contributed by atoms with van der Waals surface area (Å²) in [7, 11) is 0. The maximum atomic E-state index is 6.06. The summed E-state index contributed by atoms with van der Waals surface area (Å²) in [6.45, 7) is 8.21. The predicted molar refractivity (Wildman–Crippen MR) is 88.8 cm³/mol. The van der Waals surface area contributed by atoms with Crippen molar-refractivity contribution in [1.82, 2.24) is 15.4 Å². The van der Waals surface area contributed by atoms with Gasteiger partial charge in [0.1, 0.15) is 17.8 Å². The van der Waals surface area contributed by atoms with Gasteiger partial charge in [-0.1, -0.05) is 19.1 Å². The quantitative estimate of drug-likeness (QED) is 0.736. The summed E-state index contributed by atoms with van der Waals surface area (Å²) in [6, 6.07) is 7.85. The average molecular weight is 301 g/mol. The molecule has 0 bridgehead atoms. The van der Waals surface area contributed by atoms with Crippen LogP contribution in [0.3, 0.4) is 0 Å². The molecule has 4 N–H and O–H groups in total. The first-order chi connectivity index (χ1) is 10.4. The minimum atomic E-state index is -0.117. The molecule has 2 rings (SSSR count). The van der Waals surface area contributed by atoms with Gasteiger partial charge >= 0.3 is 0 Å². The largest absolute Gasteiger partial charge is 0.437 e. The van der Waals surface area contributed by atoms with Crippen LogP contribution < -0.4 is 21.3 Å². The molecule has 118 valence electrons. The topological polar surface area (TPSA) is 85.1 Å². The predicted octanol–water partition coefficient (Wildman–Crippen LogP) is 3.13. The van der Waals surface area contributed by atoms with E-state index in [4.69, 9.17) is 10.5 Å². The van der Waals surface area contributed by atoms with Crippen LogP contribution in [0.2, 0.25) is 0 Å². The van der Waals surface area contributed by atoms with E-state index in [9.17, 15) is 0 Å². The summed E-state index contributed by atoms with van der Waals surface area (Å²) in [5, 5.41) is 0. The number of nitrogen functional groups attached to an aromatic ring is 1. The lowest BCUT2D eigenvalue weighted by molar-refractivity contribution is 0.457. The molecule has 0 aliphatic rings. The summed E-state index contributed by atoms with van der Waals surface area (Å²) >= 11 is 0. The number of rotatable bonds is 5. The number of anilines is 2. The first kappa shape index (κ1) is 16.0. The number of hydrazine groups is 1. The fraction of sp³-hybridized carbons (Fsp3) is 0.375. The van der Waals surface area contributed by atoms with Crippen LogP contribution in [-0.4, -0.2) is 15.5 Å². The van der Waals surface area contributed by atoms with Gasteiger partial charge in [0.25, 0.3) is 0 Å². The van der Waals surface area contributed by atoms with Crippen LogP contribution in [-0.2, 0) is 6.42 Å². The van der Waals surface area contributed by atoms with Crippen molar-refractivity contribution < 1.29 is 4.74 Å². The number of nitrogens with one attached hydrogen (secondary N) is 2. The third-order valence-electron chi connectivity index (χ3n) is 2.95. The van der Waals surface area contributed by atoms with E-state index in [1.165, 1.54) is 11.9 Å². The normalized spacial score (nSPS) is 11.3. The van der Waals surface area contributed by atoms with Crippen LogP contribution in [0, 0.1) is 0 Å². The molecule has 22 heavy (non-hydrogen) atoms. The van der Waals surface area contributed by atoms with Gasteiger partial charge in [-0.2, -0.15) is 4.98 Å². The minimum Gasteiger partial charge on any atom is -0.437 e. The maximum absolute atomic E-state index is 6.06. The van der Waals surface area contributed by atoms with Crippen LogP contribution in [0.4, 0.5) is 11.5 Å². The average Bonchev–Trinajstić information content (AvgIpc) is 2.48. The van der Waals surface area contributed by atoms with Crippen LogP contribution in [0.5, 0.6) is 11.6 Å². The van der Waals surface area contributed by atoms with Crippen LogP contribution >= 0.6 is 0 Å². The highest BCUT2D eigenvalue weighted by atomic mass is 16.5. The number of hydrogen-bond donors (Lipinski definition) is 3. The molecule has 0 spiro atoms. The summed E-state index contributed by atoms with van der Waals surface area (Å²) in [5.41, 5.74) is 13.7. The zero-order chi connectivity index (χ0) is 16.2. The van der Waals surface area contributed by atoms with Gasteiger partial charge in [-0.25, -0.2) is 10.4 Å². The third-order valence-corrected chi connectivity index (χ3v) is 2.95. The molecular weight excluding hydrogens is 278 g/mol. The number of aryl methyl sites for hydroxylation is 1. The molecular formula is C16H23N5O. The Balaban J connectivity index is 2.13. The van der Waals surface area contributed by atoms with Gasteiger partial charge in [0, 0.05) is 5.54 Å². The number of aromatic nitrogens is 2. The van der Waals surface area contributed by atoms with Gasteiger partial charge in [-0.3, -0.25) is 0 Å². The van der Waals surface area contributed by atoms with Crippen molar-refractivity contribution >= 4 is 11.5 Å². The van der Waals surface area contributed by atoms with Crippen LogP contribution in [0.15, 0.2) is 30.6 Å². The Bertz CT molecular complexity index is 619. The highest BCUT2D eigenvalue weighted by molar-refractivity contribution is 5.66. The third kappa shape index (κ3) is 4.33. The van der Waals surface area contributed by atoms with Gasteiger partial charge < -0.3 is 15.9 Å². The number of ether oxygens (including phenoxy) is 1. The Morgan fingerprint density at radius 3 is 2.41 bits per heavy atom. The zero-order valence-electron chi connectivity index (χ0n) is 13.5. The maximum Gasteiger partial charge on any atom is 0.248 e. The Labute approximate surface area is 131 Å². The molecule has 2 aromatic rings. The lowest BCUT2D eigenvalue weighted by atomic mass is 10.1. The van der Waals surface area contributed by atoms with Crippen molar-refractivity contribution in [2.24, 2.45) is 0 Å². The van der Waals surface area contributed by atoms with Gasteiger partial charge in [-0.05, 0) is 44.9 Å². The fourth-order valence-electron chi connectivity index (χ4n) is 1.71. The number of hydrogen-bond acceptors (Lipinski definition) is 6. The summed E-state index contributed by atoms with van der Waals surface area (Å²) in [6.07, 6.45) is 2.40. The molecule has 0 saturated heterocycles. The van der Waals surface area contributed by atoms with Crippen molar-refractivity contribution in [3.63, 3.8) is 0 Å². The lowest BCUT2D eigenvalue weighted by Crippen LogP contribution is -2.40. The van der Waals surface area contributed by atoms with Crippen molar-refractivity contribution in [3.05, 3.63) is 36.2 Å². The van der Waals surface area contributed by atoms with Gasteiger partial charge in [-0.15, -0.1) is 0 Å². The number of nitrogens with zero attached hydrogens (tertiary/aromatic N) is 2. The SMILES string of the molecule is CCc1ccc(Oc2ncnc(NNC(C)(C)C)c2N)cc1. The van der Waals surface area contributed by atoms with E-state index in [1.807, 2.05) is 45.0 Å². The second kappa shape index (κ2) is 6.62. The molecule has 6 nitrogen and oxygen atoms in total. The van der Waals surface area contributed by atoms with E-state index in [1.54, 1.807) is 0 Å². The molecule has 1 heterocycles. The number of nitrogens with two attached hydrogens (primary N) is 1. The van der Waals surface area contributed by atoms with E-state index < -0.39 is 0 Å². The highest BCUT2D eigenvalue weighted by Crippen LogP contribution is 2.29. The second-order valence-electron chi connectivity index (χ2n) is 6.04. The summed E-state index contributed by atoms with van der Waals surface area (Å²) < 4.78 is 5.74. The van der Waals surface area contributed by atoms with E-state index >= 15 is 0 Å². The smallest absolute Gasteiger partial charge is 0.248 e. The van der Waals surface area contributed by atoms with Crippen LogP contribution in [0.25, 0.3) is 0 Å². The molecule has 0 amide bonds. The number of benzene rings is 1. The molecule has 0 unspecified atom stereocenters. The first-order valence-corrected chi connectivity index (χ1v) is 7.29. The molecule has 0 atom stereocenters. The summed E-state index contributed by atoms with van der Waals surface area (Å²) in [4.78, 5) is 8.22. The minimum absolute atomic E-state index is 0.117. The Hall–Kier alpha value is -2.34. The van der Waals surface area contributed by atoms with Crippen molar-refractivity contribution in [3.8, 4) is 11.6 Å². The van der Waals surface area contributed by atoms with Crippen molar-refractivity contribution in [2.75, 3.05) is 11.2 Å². The fourth-order valence-corrected chi connectivity index (χ4v) is 1.71. The van der Waals surface area contributed by atoms with E-state index in [0.717, 1.165) is 6.42 Å². The van der Waals surface area contributed by atoms with Gasteiger partial charge in [0.05, 0.1) is 0 Å². The van der Waals surface area contributed by atoms with E-state index in [2.05, 4.69) is 27.7 Å². The van der Waals surface area contributed by atoms with Crippen molar-refractivity contribution in [2.45, 2.75) is 39.7 Å². The van der Waals surface area contributed by atoms with Crippen LogP contribution in [0.1, 0.15) is 33.3 Å². The van der Waals surface area contributed by atoms with Gasteiger partial charge in [0.15, 0.2) is 5.82 Å². The monoisotopic (exact) mass is 301 g/mol. The Morgan fingerprint density at radius 1 is 1.14 bits per heavy atom. The molecule has 6 heteroatoms. The molecule has 0 fully saturated rings. The first-order valence-electron chi connectivity index (χ1n) is 7.29. The summed E-state index contributed by atoms with van der Waals surface area (Å²) in [5.74, 6) is 1.51. The molecule has 0 aliphatic heterocycles. The van der Waals surface area contributed by atoms with Gasteiger partial charge in [0.2, 0.25) is 5.88 Å². The zero-order valence-corrected chi connectivity index (χ0v) is 13.5. The molecule has 1 aromatic carbocycles. The molecule has 0 saturated carbocycles. The lowest BCUT2D eigenvalue weighted by Gasteiger charge is -2.22. The van der Waals surface area contributed by atoms with E-state index in [-0.39, 0.29) is 5.54 Å². The molecule has 0 radical (unpaired) electrons. The Kier molecular flexibility index (Phi) is 4.82.